The molecule has 0 saturated carbocycles. The van der Waals surface area contributed by atoms with Crippen LogP contribution in [-0.2, 0) is 11.2 Å². The lowest BCUT2D eigenvalue weighted by atomic mass is 10.1. The van der Waals surface area contributed by atoms with Crippen molar-refractivity contribution in [2.24, 2.45) is 0 Å². The Labute approximate surface area is 121 Å². The zero-order valence-electron chi connectivity index (χ0n) is 11.4. The van der Waals surface area contributed by atoms with E-state index in [0.717, 1.165) is 5.56 Å². The predicted octanol–water partition coefficient (Wildman–Crippen LogP) is 3.01. The molecule has 2 rings (SSSR count). The molecule has 2 N–H and O–H groups in total. The molecule has 0 unspecified atom stereocenters. The second-order valence-electron chi connectivity index (χ2n) is 4.69. The summed E-state index contributed by atoms with van der Waals surface area (Å²) in [4.78, 5) is 22.9. The van der Waals surface area contributed by atoms with Crippen molar-refractivity contribution in [2.75, 3.05) is 5.32 Å². The van der Waals surface area contributed by atoms with E-state index in [9.17, 15) is 14.0 Å². The van der Waals surface area contributed by atoms with E-state index in [2.05, 4.69) is 5.32 Å². The van der Waals surface area contributed by atoms with Crippen LogP contribution in [0, 0.1) is 12.7 Å². The number of anilines is 1. The third-order valence-corrected chi connectivity index (χ3v) is 3.01. The lowest BCUT2D eigenvalue weighted by Crippen LogP contribution is -2.15. The standard InChI is InChI=1S/C16H14FNO3/c1-10-5-6-12(16(20)21)9-14(10)18-15(19)8-11-3-2-4-13(17)7-11/h2-7,9H,8H2,1H3,(H,18,19)(H,20,21). The smallest absolute Gasteiger partial charge is 0.335 e. The van der Waals surface area contributed by atoms with Gasteiger partial charge in [0.2, 0.25) is 5.91 Å². The van der Waals surface area contributed by atoms with Crippen LogP contribution in [0.15, 0.2) is 42.5 Å². The quantitative estimate of drug-likeness (QED) is 0.908. The first kappa shape index (κ1) is 14.7. The molecule has 0 saturated heterocycles. The summed E-state index contributed by atoms with van der Waals surface area (Å²) in [7, 11) is 0. The maximum atomic E-state index is 13.1. The van der Waals surface area contributed by atoms with Gasteiger partial charge in [0.15, 0.2) is 0 Å². The minimum Gasteiger partial charge on any atom is -0.478 e. The molecular formula is C16H14FNO3. The van der Waals surface area contributed by atoms with Crippen LogP contribution in [0.3, 0.4) is 0 Å². The van der Waals surface area contributed by atoms with Crippen LogP contribution in [-0.4, -0.2) is 17.0 Å². The van der Waals surface area contributed by atoms with E-state index < -0.39 is 11.8 Å². The summed E-state index contributed by atoms with van der Waals surface area (Å²) in [6.07, 6.45) is 0.0223. The third kappa shape index (κ3) is 3.89. The normalized spacial score (nSPS) is 10.2. The van der Waals surface area contributed by atoms with Crippen LogP contribution in [0.4, 0.5) is 10.1 Å². The highest BCUT2D eigenvalue weighted by atomic mass is 19.1. The SMILES string of the molecule is Cc1ccc(C(=O)O)cc1NC(=O)Cc1cccc(F)c1. The molecule has 0 aliphatic carbocycles. The molecule has 0 atom stereocenters. The van der Waals surface area contributed by atoms with E-state index in [-0.39, 0.29) is 17.9 Å². The maximum absolute atomic E-state index is 13.1. The second kappa shape index (κ2) is 6.17. The minimum absolute atomic E-state index is 0.0223. The van der Waals surface area contributed by atoms with Crippen molar-refractivity contribution < 1.29 is 19.1 Å². The van der Waals surface area contributed by atoms with E-state index in [4.69, 9.17) is 5.11 Å². The van der Waals surface area contributed by atoms with Gasteiger partial charge < -0.3 is 10.4 Å². The summed E-state index contributed by atoms with van der Waals surface area (Å²) < 4.78 is 13.1. The van der Waals surface area contributed by atoms with Crippen LogP contribution in [0.25, 0.3) is 0 Å². The first-order valence-electron chi connectivity index (χ1n) is 6.34. The van der Waals surface area contributed by atoms with Crippen molar-refractivity contribution >= 4 is 17.6 Å². The van der Waals surface area contributed by atoms with Gasteiger partial charge in [-0.2, -0.15) is 0 Å². The molecule has 2 aromatic carbocycles. The number of halogens is 1. The zero-order valence-corrected chi connectivity index (χ0v) is 11.4. The molecule has 21 heavy (non-hydrogen) atoms. The lowest BCUT2D eigenvalue weighted by molar-refractivity contribution is -0.115. The Morgan fingerprint density at radius 1 is 1.19 bits per heavy atom. The number of carbonyl (C=O) groups excluding carboxylic acids is 1. The van der Waals surface area contributed by atoms with Crippen molar-refractivity contribution in [1.29, 1.82) is 0 Å². The van der Waals surface area contributed by atoms with Gasteiger partial charge in [0.25, 0.3) is 0 Å². The summed E-state index contributed by atoms with van der Waals surface area (Å²) in [5, 5.41) is 11.6. The predicted molar refractivity (Wildman–Crippen MR) is 76.9 cm³/mol. The first-order valence-corrected chi connectivity index (χ1v) is 6.34. The number of amides is 1. The Morgan fingerprint density at radius 3 is 2.62 bits per heavy atom. The molecule has 5 heteroatoms. The van der Waals surface area contributed by atoms with Crippen molar-refractivity contribution in [3.8, 4) is 0 Å². The number of hydrogen-bond donors (Lipinski definition) is 2. The molecule has 0 aliphatic rings. The van der Waals surface area contributed by atoms with Gasteiger partial charge >= 0.3 is 5.97 Å². The molecule has 0 heterocycles. The average Bonchev–Trinajstić information content (AvgIpc) is 2.41. The first-order chi connectivity index (χ1) is 9.95. The molecule has 0 radical (unpaired) electrons. The number of hydrogen-bond acceptors (Lipinski definition) is 2. The van der Waals surface area contributed by atoms with E-state index in [1.807, 2.05) is 0 Å². The molecule has 0 aliphatic heterocycles. The summed E-state index contributed by atoms with van der Waals surface area (Å²) in [6, 6.07) is 10.3. The molecule has 0 bridgehead atoms. The fourth-order valence-corrected chi connectivity index (χ4v) is 1.92. The summed E-state index contributed by atoms with van der Waals surface area (Å²) >= 11 is 0. The molecule has 0 fully saturated rings. The maximum Gasteiger partial charge on any atom is 0.335 e. The van der Waals surface area contributed by atoms with Gasteiger partial charge in [-0.15, -0.1) is 0 Å². The molecule has 0 aromatic heterocycles. The summed E-state index contributed by atoms with van der Waals surface area (Å²) in [6.45, 7) is 1.77. The number of aromatic carboxylic acids is 1. The van der Waals surface area contributed by atoms with Crippen LogP contribution in [0.1, 0.15) is 21.5 Å². The summed E-state index contributed by atoms with van der Waals surface area (Å²) in [5.41, 5.74) is 1.85. The highest BCUT2D eigenvalue weighted by Gasteiger charge is 2.10. The fraction of sp³-hybridized carbons (Fsp3) is 0.125. The van der Waals surface area contributed by atoms with E-state index >= 15 is 0 Å². The number of rotatable bonds is 4. The van der Waals surface area contributed by atoms with Gasteiger partial charge in [0.05, 0.1) is 12.0 Å². The van der Waals surface area contributed by atoms with Crippen molar-refractivity contribution in [3.05, 3.63) is 65.0 Å². The number of nitrogens with one attached hydrogen (secondary N) is 1. The lowest BCUT2D eigenvalue weighted by Gasteiger charge is -2.09. The second-order valence-corrected chi connectivity index (χ2v) is 4.69. The fourth-order valence-electron chi connectivity index (χ4n) is 1.92. The minimum atomic E-state index is -1.06. The van der Waals surface area contributed by atoms with E-state index in [1.165, 1.54) is 30.3 Å². The Bertz CT molecular complexity index is 698. The van der Waals surface area contributed by atoms with Gasteiger partial charge in [-0.1, -0.05) is 18.2 Å². The van der Waals surface area contributed by atoms with Crippen LogP contribution in [0.2, 0.25) is 0 Å². The Balaban J connectivity index is 2.12. The summed E-state index contributed by atoms with van der Waals surface area (Å²) in [5.74, 6) is -1.79. The average molecular weight is 287 g/mol. The molecular weight excluding hydrogens is 273 g/mol. The van der Waals surface area contributed by atoms with Crippen molar-refractivity contribution in [2.45, 2.75) is 13.3 Å². The Kier molecular flexibility index (Phi) is 4.33. The number of benzene rings is 2. The number of carboxylic acids is 1. The highest BCUT2D eigenvalue weighted by molar-refractivity contribution is 5.95. The largest absolute Gasteiger partial charge is 0.478 e. The number of carbonyl (C=O) groups is 2. The van der Waals surface area contributed by atoms with Crippen LogP contribution < -0.4 is 5.32 Å². The van der Waals surface area contributed by atoms with Gasteiger partial charge in [0, 0.05) is 5.69 Å². The monoisotopic (exact) mass is 287 g/mol. The van der Waals surface area contributed by atoms with Crippen molar-refractivity contribution in [3.63, 3.8) is 0 Å². The number of aryl methyl sites for hydroxylation is 1. The molecule has 2 aromatic rings. The topological polar surface area (TPSA) is 66.4 Å². The Hall–Kier alpha value is -2.69. The Morgan fingerprint density at radius 2 is 1.95 bits per heavy atom. The molecule has 0 spiro atoms. The van der Waals surface area contributed by atoms with Crippen LogP contribution in [0.5, 0.6) is 0 Å². The van der Waals surface area contributed by atoms with Crippen LogP contribution >= 0.6 is 0 Å². The van der Waals surface area contributed by atoms with Gasteiger partial charge in [0.1, 0.15) is 5.82 Å². The van der Waals surface area contributed by atoms with Gasteiger partial charge in [-0.3, -0.25) is 4.79 Å². The van der Waals surface area contributed by atoms with Crippen molar-refractivity contribution in [1.82, 2.24) is 0 Å². The highest BCUT2D eigenvalue weighted by Crippen LogP contribution is 2.17. The zero-order chi connectivity index (χ0) is 15.4. The third-order valence-electron chi connectivity index (χ3n) is 3.01. The molecule has 108 valence electrons. The van der Waals surface area contributed by atoms with E-state index in [0.29, 0.717) is 11.3 Å². The van der Waals surface area contributed by atoms with E-state index in [1.54, 1.807) is 19.1 Å². The number of carboxylic acid groups (broad SMARTS) is 1. The van der Waals surface area contributed by atoms with Gasteiger partial charge in [-0.25, -0.2) is 9.18 Å². The molecule has 4 nitrogen and oxygen atoms in total. The van der Waals surface area contributed by atoms with Gasteiger partial charge in [-0.05, 0) is 42.3 Å². The molecule has 1 amide bonds.